The van der Waals surface area contributed by atoms with Crippen LogP contribution < -0.4 is 4.74 Å². The summed E-state index contributed by atoms with van der Waals surface area (Å²) in [6.45, 7) is 3.38. The van der Waals surface area contributed by atoms with Gasteiger partial charge in [0.15, 0.2) is 0 Å². The minimum absolute atomic E-state index is 0.295. The van der Waals surface area contributed by atoms with Crippen LogP contribution in [0.5, 0.6) is 5.75 Å². The van der Waals surface area contributed by atoms with Crippen molar-refractivity contribution in [3.63, 3.8) is 0 Å². The number of rotatable bonds is 2. The van der Waals surface area contributed by atoms with Gasteiger partial charge in [0.2, 0.25) is 0 Å². The standard InChI is InChI=1S/C9H11NO2/c1-3-8-6-10-5-4-9(8)12-7(2)11/h4-6H,3H2,1-2H3. The zero-order chi connectivity index (χ0) is 8.97. The molecular weight excluding hydrogens is 154 g/mol. The normalized spacial score (nSPS) is 9.50. The molecular formula is C9H11NO2. The van der Waals surface area contributed by atoms with Gasteiger partial charge >= 0.3 is 5.97 Å². The Kier molecular flexibility index (Phi) is 2.80. The molecule has 0 saturated carbocycles. The van der Waals surface area contributed by atoms with Crippen molar-refractivity contribution >= 4 is 5.97 Å². The van der Waals surface area contributed by atoms with Gasteiger partial charge in [0.05, 0.1) is 0 Å². The zero-order valence-corrected chi connectivity index (χ0v) is 7.20. The van der Waals surface area contributed by atoms with Gasteiger partial charge in [-0.05, 0) is 12.5 Å². The fraction of sp³-hybridized carbons (Fsp3) is 0.333. The fourth-order valence-electron chi connectivity index (χ4n) is 0.934. The van der Waals surface area contributed by atoms with E-state index in [1.807, 2.05) is 6.92 Å². The molecule has 0 bridgehead atoms. The molecule has 3 nitrogen and oxygen atoms in total. The van der Waals surface area contributed by atoms with Gasteiger partial charge in [-0.3, -0.25) is 9.78 Å². The van der Waals surface area contributed by atoms with Crippen molar-refractivity contribution in [1.29, 1.82) is 0 Å². The van der Waals surface area contributed by atoms with Gasteiger partial charge in [-0.25, -0.2) is 0 Å². The van der Waals surface area contributed by atoms with Crippen LogP contribution in [0.4, 0.5) is 0 Å². The Bertz CT molecular complexity index is 284. The first-order valence-electron chi connectivity index (χ1n) is 3.85. The minimum Gasteiger partial charge on any atom is -0.426 e. The van der Waals surface area contributed by atoms with E-state index in [2.05, 4.69) is 4.98 Å². The molecule has 1 aromatic rings. The third kappa shape index (κ3) is 2.05. The molecule has 1 heterocycles. The zero-order valence-electron chi connectivity index (χ0n) is 7.20. The number of esters is 1. The predicted molar refractivity (Wildman–Crippen MR) is 44.9 cm³/mol. The first-order chi connectivity index (χ1) is 5.74. The summed E-state index contributed by atoms with van der Waals surface area (Å²) < 4.78 is 4.96. The molecule has 0 spiro atoms. The van der Waals surface area contributed by atoms with Crippen LogP contribution in [0.15, 0.2) is 18.5 Å². The van der Waals surface area contributed by atoms with E-state index in [0.29, 0.717) is 5.75 Å². The van der Waals surface area contributed by atoms with Crippen molar-refractivity contribution < 1.29 is 9.53 Å². The maximum absolute atomic E-state index is 10.6. The lowest BCUT2D eigenvalue weighted by Crippen LogP contribution is -2.03. The van der Waals surface area contributed by atoms with E-state index in [1.165, 1.54) is 6.92 Å². The minimum atomic E-state index is -0.295. The molecule has 0 aliphatic carbocycles. The van der Waals surface area contributed by atoms with Crippen LogP contribution >= 0.6 is 0 Å². The number of pyridine rings is 1. The number of hydrogen-bond acceptors (Lipinski definition) is 3. The molecule has 1 aromatic heterocycles. The van der Waals surface area contributed by atoms with Crippen molar-refractivity contribution in [2.75, 3.05) is 0 Å². The molecule has 0 fully saturated rings. The van der Waals surface area contributed by atoms with Crippen LogP contribution in [-0.4, -0.2) is 11.0 Å². The molecule has 64 valence electrons. The number of aromatic nitrogens is 1. The Hall–Kier alpha value is -1.38. The summed E-state index contributed by atoms with van der Waals surface area (Å²) >= 11 is 0. The van der Waals surface area contributed by atoms with Crippen LogP contribution in [0.1, 0.15) is 19.4 Å². The summed E-state index contributed by atoms with van der Waals surface area (Å²) in [5.74, 6) is 0.316. The molecule has 0 saturated heterocycles. The molecule has 0 atom stereocenters. The monoisotopic (exact) mass is 165 g/mol. The van der Waals surface area contributed by atoms with E-state index in [1.54, 1.807) is 18.5 Å². The Labute approximate surface area is 71.4 Å². The van der Waals surface area contributed by atoms with Crippen molar-refractivity contribution in [2.45, 2.75) is 20.3 Å². The third-order valence-electron chi connectivity index (χ3n) is 1.49. The molecule has 12 heavy (non-hydrogen) atoms. The van der Waals surface area contributed by atoms with Crippen molar-refractivity contribution in [3.05, 3.63) is 24.0 Å². The second-order valence-corrected chi connectivity index (χ2v) is 2.43. The molecule has 0 radical (unpaired) electrons. The topological polar surface area (TPSA) is 39.2 Å². The van der Waals surface area contributed by atoms with Crippen molar-refractivity contribution in [3.8, 4) is 5.75 Å². The largest absolute Gasteiger partial charge is 0.426 e. The molecule has 0 amide bonds. The average molecular weight is 165 g/mol. The quantitative estimate of drug-likeness (QED) is 0.624. The average Bonchev–Trinajstić information content (AvgIpc) is 2.04. The lowest BCUT2D eigenvalue weighted by molar-refractivity contribution is -0.131. The van der Waals surface area contributed by atoms with Crippen molar-refractivity contribution in [2.24, 2.45) is 0 Å². The second kappa shape index (κ2) is 3.85. The Morgan fingerprint density at radius 1 is 1.67 bits per heavy atom. The van der Waals surface area contributed by atoms with Gasteiger partial charge in [0, 0.05) is 24.9 Å². The van der Waals surface area contributed by atoms with E-state index in [4.69, 9.17) is 4.74 Å². The molecule has 3 heteroatoms. The molecule has 1 rings (SSSR count). The van der Waals surface area contributed by atoms with Crippen LogP contribution in [-0.2, 0) is 11.2 Å². The molecule has 0 aliphatic rings. The van der Waals surface area contributed by atoms with Gasteiger partial charge in [-0.2, -0.15) is 0 Å². The Morgan fingerprint density at radius 3 is 3.00 bits per heavy atom. The molecule has 0 aromatic carbocycles. The Balaban J connectivity index is 2.89. The van der Waals surface area contributed by atoms with Crippen LogP contribution in [0.2, 0.25) is 0 Å². The molecule has 0 N–H and O–H groups in total. The lowest BCUT2D eigenvalue weighted by Gasteiger charge is -2.04. The number of nitrogens with zero attached hydrogens (tertiary/aromatic N) is 1. The first-order valence-corrected chi connectivity index (χ1v) is 3.85. The van der Waals surface area contributed by atoms with Gasteiger partial charge in [0.1, 0.15) is 5.75 Å². The highest BCUT2D eigenvalue weighted by molar-refractivity contribution is 5.69. The maximum atomic E-state index is 10.6. The summed E-state index contributed by atoms with van der Waals surface area (Å²) in [4.78, 5) is 14.6. The van der Waals surface area contributed by atoms with Crippen LogP contribution in [0.3, 0.4) is 0 Å². The summed E-state index contributed by atoms with van der Waals surface area (Å²) in [6.07, 6.45) is 4.13. The van der Waals surface area contributed by atoms with Crippen molar-refractivity contribution in [1.82, 2.24) is 4.98 Å². The number of hydrogen-bond donors (Lipinski definition) is 0. The van der Waals surface area contributed by atoms with Crippen LogP contribution in [0.25, 0.3) is 0 Å². The highest BCUT2D eigenvalue weighted by atomic mass is 16.5. The van der Waals surface area contributed by atoms with E-state index in [0.717, 1.165) is 12.0 Å². The van der Waals surface area contributed by atoms with Crippen LogP contribution in [0, 0.1) is 0 Å². The summed E-state index contributed by atoms with van der Waals surface area (Å²) in [5, 5.41) is 0. The summed E-state index contributed by atoms with van der Waals surface area (Å²) in [6, 6.07) is 1.69. The summed E-state index contributed by atoms with van der Waals surface area (Å²) in [5.41, 5.74) is 0.952. The second-order valence-electron chi connectivity index (χ2n) is 2.43. The van der Waals surface area contributed by atoms with Gasteiger partial charge in [-0.15, -0.1) is 0 Å². The van der Waals surface area contributed by atoms with E-state index in [9.17, 15) is 4.79 Å². The van der Waals surface area contributed by atoms with Gasteiger partial charge in [0.25, 0.3) is 0 Å². The van der Waals surface area contributed by atoms with Gasteiger partial charge < -0.3 is 4.74 Å². The highest BCUT2D eigenvalue weighted by Crippen LogP contribution is 2.16. The SMILES string of the molecule is CCc1cnccc1OC(C)=O. The Morgan fingerprint density at radius 2 is 2.42 bits per heavy atom. The van der Waals surface area contributed by atoms with E-state index in [-0.39, 0.29) is 5.97 Å². The number of carbonyl (C=O) groups excluding carboxylic acids is 1. The molecule has 0 aliphatic heterocycles. The number of aryl methyl sites for hydroxylation is 1. The summed E-state index contributed by atoms with van der Waals surface area (Å²) in [7, 11) is 0. The van der Waals surface area contributed by atoms with E-state index >= 15 is 0 Å². The third-order valence-corrected chi connectivity index (χ3v) is 1.49. The number of carbonyl (C=O) groups is 1. The fourth-order valence-corrected chi connectivity index (χ4v) is 0.934. The maximum Gasteiger partial charge on any atom is 0.308 e. The van der Waals surface area contributed by atoms with Gasteiger partial charge in [-0.1, -0.05) is 6.92 Å². The first kappa shape index (κ1) is 8.71. The lowest BCUT2D eigenvalue weighted by atomic mass is 10.2. The number of ether oxygens (including phenoxy) is 1. The van der Waals surface area contributed by atoms with E-state index < -0.39 is 0 Å². The molecule has 0 unspecified atom stereocenters. The highest BCUT2D eigenvalue weighted by Gasteiger charge is 2.02. The predicted octanol–water partition coefficient (Wildman–Crippen LogP) is 1.57. The smallest absolute Gasteiger partial charge is 0.308 e.